The predicted octanol–water partition coefficient (Wildman–Crippen LogP) is 14.4. The van der Waals surface area contributed by atoms with E-state index in [2.05, 4.69) is 222 Å². The molecule has 0 atom stereocenters. The molecule has 0 fully saturated rings. The van der Waals surface area contributed by atoms with Crippen molar-refractivity contribution < 1.29 is 4.79 Å². The van der Waals surface area contributed by atoms with E-state index in [9.17, 15) is 4.79 Å². The first-order valence-electron chi connectivity index (χ1n) is 30.4. The summed E-state index contributed by atoms with van der Waals surface area (Å²) >= 11 is 0. The van der Waals surface area contributed by atoms with Crippen LogP contribution in [0, 0.1) is 11.3 Å². The number of aryl methyl sites for hydroxylation is 3. The van der Waals surface area contributed by atoms with Crippen LogP contribution in [0.5, 0.6) is 0 Å². The van der Waals surface area contributed by atoms with Crippen LogP contribution < -0.4 is 21.7 Å². The second-order valence-electron chi connectivity index (χ2n) is 22.8. The first kappa shape index (κ1) is 58.7. The second-order valence-corrected chi connectivity index (χ2v) is 22.8. The number of aromatic nitrogens is 13. The number of primary amides is 1. The number of nitrogens with zero attached hydrogens (tertiary/aromatic N) is 13. The van der Waals surface area contributed by atoms with Gasteiger partial charge in [0.25, 0.3) is 0 Å². The van der Waals surface area contributed by atoms with Gasteiger partial charge in [-0.15, -0.1) is 10.2 Å². The number of carbonyl (C=O) groups is 1. The Hall–Kier alpha value is -13.0. The van der Waals surface area contributed by atoms with Gasteiger partial charge in [-0.2, -0.15) is 10.5 Å². The number of hydrogen-bond donors (Lipinski definition) is 5. The van der Waals surface area contributed by atoms with Crippen LogP contribution in [-0.4, -0.2) is 70.1 Å². The molecule has 0 aliphatic carbocycles. The van der Waals surface area contributed by atoms with Gasteiger partial charge in [-0.1, -0.05) is 78.9 Å². The third kappa shape index (κ3) is 12.5. The van der Waals surface area contributed by atoms with Crippen molar-refractivity contribution in [3.63, 3.8) is 0 Å². The Morgan fingerprint density at radius 3 is 1.30 bits per heavy atom. The van der Waals surface area contributed by atoms with Crippen molar-refractivity contribution in [1.29, 1.82) is 5.26 Å². The van der Waals surface area contributed by atoms with Crippen LogP contribution in [0.25, 0.3) is 111 Å². The van der Waals surface area contributed by atoms with E-state index in [1.807, 2.05) is 73.8 Å². The highest BCUT2D eigenvalue weighted by molar-refractivity contribution is 6.00. The SMILES string of the molecule is Cn1ccc2ccc(-c3cc(NCc4cccc(-c5nn[nH]n5)c4)cc4nccnc34)cc21.Cn1ccc2ccc(-c3cc(NCc4cccc(C#N)c4)cc4nccnc34)cc21.Cn1ccc2ccc(-c3cc(NCc4cccc(C(N)=O)c4)cc4nccnc34)cc21. The summed E-state index contributed by atoms with van der Waals surface area (Å²) in [5.74, 6) is 0.150. The van der Waals surface area contributed by atoms with E-state index in [0.717, 1.165) is 111 Å². The molecule has 9 aromatic carbocycles. The van der Waals surface area contributed by atoms with Gasteiger partial charge in [0, 0.05) is 158 Å². The molecule has 1 amide bonds. The zero-order valence-electron chi connectivity index (χ0n) is 51.4. The number of benzene rings is 9. The third-order valence-electron chi connectivity index (χ3n) is 16.6. The first-order valence-corrected chi connectivity index (χ1v) is 30.4. The van der Waals surface area contributed by atoms with Gasteiger partial charge in [-0.3, -0.25) is 34.7 Å². The minimum absolute atomic E-state index is 0.429. The molecule has 16 rings (SSSR count). The van der Waals surface area contributed by atoms with Crippen LogP contribution in [0.2, 0.25) is 0 Å². The molecule has 0 unspecified atom stereocenters. The summed E-state index contributed by atoms with van der Waals surface area (Å²) in [5.41, 5.74) is 28.6. The molecule has 94 heavy (non-hydrogen) atoms. The van der Waals surface area contributed by atoms with Gasteiger partial charge >= 0.3 is 0 Å². The number of nitrogens with two attached hydrogens (primary N) is 1. The number of carbonyl (C=O) groups excluding carboxylic acids is 1. The van der Waals surface area contributed by atoms with E-state index in [4.69, 9.17) is 11.0 Å². The molecule has 0 aliphatic rings. The molecule has 0 spiro atoms. The minimum Gasteiger partial charge on any atom is -0.381 e. The lowest BCUT2D eigenvalue weighted by molar-refractivity contribution is 0.1000. The minimum atomic E-state index is -0.429. The molecular weight excluding hydrogens is 1170 g/mol. The quantitative estimate of drug-likeness (QED) is 0.0679. The van der Waals surface area contributed by atoms with Crippen molar-refractivity contribution in [2.24, 2.45) is 26.9 Å². The van der Waals surface area contributed by atoms with E-state index in [1.54, 1.807) is 49.3 Å². The van der Waals surface area contributed by atoms with Gasteiger partial charge < -0.3 is 35.4 Å². The number of fused-ring (bicyclic) bond motifs is 6. The summed E-state index contributed by atoms with van der Waals surface area (Å²) < 4.78 is 6.36. The fourth-order valence-electron chi connectivity index (χ4n) is 11.8. The lowest BCUT2D eigenvalue weighted by atomic mass is 10.0. The van der Waals surface area contributed by atoms with E-state index in [1.165, 1.54) is 27.2 Å². The van der Waals surface area contributed by atoms with E-state index >= 15 is 0 Å². The molecule has 19 heteroatoms. The van der Waals surface area contributed by atoms with Crippen molar-refractivity contribution >= 4 is 88.8 Å². The topological polar surface area (TPSA) is 250 Å². The molecule has 7 aromatic heterocycles. The Kier molecular flexibility index (Phi) is 16.2. The van der Waals surface area contributed by atoms with E-state index in [-0.39, 0.29) is 0 Å². The zero-order valence-corrected chi connectivity index (χ0v) is 51.4. The number of nitrogens with one attached hydrogen (secondary N) is 4. The summed E-state index contributed by atoms with van der Waals surface area (Å²) in [6.45, 7) is 1.83. The maximum atomic E-state index is 11.5. The lowest BCUT2D eigenvalue weighted by Crippen LogP contribution is -2.11. The van der Waals surface area contributed by atoms with E-state index < -0.39 is 5.91 Å². The third-order valence-corrected chi connectivity index (χ3v) is 16.6. The Balaban J connectivity index is 0.000000122. The van der Waals surface area contributed by atoms with Crippen molar-refractivity contribution in [2.75, 3.05) is 16.0 Å². The number of anilines is 3. The van der Waals surface area contributed by atoms with Crippen molar-refractivity contribution in [2.45, 2.75) is 19.6 Å². The molecule has 16 aromatic rings. The average Bonchev–Trinajstić information content (AvgIpc) is 1.51. The van der Waals surface area contributed by atoms with Gasteiger partial charge in [0.1, 0.15) is 0 Å². The van der Waals surface area contributed by atoms with Crippen LogP contribution in [-0.2, 0) is 40.8 Å². The molecule has 19 nitrogen and oxygen atoms in total. The van der Waals surface area contributed by atoms with E-state index in [0.29, 0.717) is 36.6 Å². The van der Waals surface area contributed by atoms with Crippen molar-refractivity contribution in [1.82, 2.24) is 64.2 Å². The number of tetrazole rings is 1. The van der Waals surface area contributed by atoms with Gasteiger partial charge in [0.2, 0.25) is 11.7 Å². The van der Waals surface area contributed by atoms with Crippen LogP contribution in [0.4, 0.5) is 17.1 Å². The molecule has 7 heterocycles. The van der Waals surface area contributed by atoms with Crippen LogP contribution >= 0.6 is 0 Å². The maximum Gasteiger partial charge on any atom is 0.248 e. The highest BCUT2D eigenvalue weighted by Gasteiger charge is 2.16. The number of nitriles is 1. The van der Waals surface area contributed by atoms with Crippen molar-refractivity contribution in [3.05, 3.63) is 266 Å². The van der Waals surface area contributed by atoms with Gasteiger partial charge in [-0.25, -0.2) is 0 Å². The Bertz CT molecular complexity index is 5530. The average molecular weight is 1230 g/mol. The highest BCUT2D eigenvalue weighted by Crippen LogP contribution is 2.36. The normalized spacial score (nSPS) is 11.1. The smallest absolute Gasteiger partial charge is 0.248 e. The number of hydrogen-bond acceptors (Lipinski definition) is 14. The summed E-state index contributed by atoms with van der Waals surface area (Å²) in [6.07, 6.45) is 16.5. The summed E-state index contributed by atoms with van der Waals surface area (Å²) in [7, 11) is 6.16. The van der Waals surface area contributed by atoms with Crippen LogP contribution in [0.1, 0.15) is 32.6 Å². The maximum absolute atomic E-state index is 11.5. The Morgan fingerprint density at radius 2 is 0.872 bits per heavy atom. The van der Waals surface area contributed by atoms with Gasteiger partial charge in [-0.05, 0) is 158 Å². The van der Waals surface area contributed by atoms with Gasteiger partial charge in [0.15, 0.2) is 0 Å². The molecule has 0 saturated carbocycles. The zero-order chi connectivity index (χ0) is 64.1. The molecule has 0 aliphatic heterocycles. The predicted molar refractivity (Wildman–Crippen MR) is 372 cm³/mol. The molecule has 0 saturated heterocycles. The summed E-state index contributed by atoms with van der Waals surface area (Å²) in [4.78, 5) is 38.9. The van der Waals surface area contributed by atoms with Crippen LogP contribution in [0.3, 0.4) is 0 Å². The Morgan fingerprint density at radius 1 is 0.457 bits per heavy atom. The number of rotatable bonds is 14. The number of amides is 1. The van der Waals surface area contributed by atoms with Crippen LogP contribution in [0.15, 0.2) is 238 Å². The summed E-state index contributed by atoms with van der Waals surface area (Å²) in [5, 5.41) is 37.5. The molecule has 0 bridgehead atoms. The lowest BCUT2D eigenvalue weighted by Gasteiger charge is -2.12. The molecule has 0 radical (unpaired) electrons. The number of H-pyrrole nitrogens is 1. The largest absolute Gasteiger partial charge is 0.381 e. The number of aromatic amines is 1. The summed E-state index contributed by atoms with van der Waals surface area (Å²) in [6, 6.07) is 63.4. The monoisotopic (exact) mass is 1230 g/mol. The fraction of sp³-hybridized carbons (Fsp3) is 0.0800. The Labute approximate surface area is 539 Å². The highest BCUT2D eigenvalue weighted by atomic mass is 16.1. The molecule has 6 N–H and O–H groups in total. The second kappa shape index (κ2) is 25.9. The van der Waals surface area contributed by atoms with Crippen molar-refractivity contribution in [3.8, 4) is 50.8 Å². The molecule has 456 valence electrons. The molecular formula is C75H60N18O. The standard InChI is InChI=1S/C25H20N8.C25H21N5O.C25H19N5/c1-33-10-7-17-5-6-18(12-23(17)33)21-13-20(14-22-24(21)27-9-8-26-22)28-15-16-3-2-4-19(11-16)25-29-31-32-30-25;1-30-10-7-17-5-6-18(12-23(17)30)21-13-20(14-22-24(21)28-9-8-27-22)29-15-16-3-2-4-19(11-16)25(26)31;1-30-10-7-19-5-6-20(12-24(19)30)22-13-21(14-23-25(22)28-9-8-27-23)29-16-18-4-2-3-17(11-18)15-26/h2-14,28H,15H2,1H3,(H,29,30,31,32);2-14,29H,15H2,1H3,(H2,26,31);2-14,29H,16H2,1H3. The van der Waals surface area contributed by atoms with Gasteiger partial charge in [0.05, 0.1) is 44.7 Å². The first-order chi connectivity index (χ1) is 46.0. The fourth-order valence-corrected chi connectivity index (χ4v) is 11.8.